The van der Waals surface area contributed by atoms with Gasteiger partial charge in [-0.25, -0.2) is 0 Å². The van der Waals surface area contributed by atoms with E-state index >= 15 is 0 Å². The molecule has 0 N–H and O–H groups in total. The second-order valence-corrected chi connectivity index (χ2v) is 9.64. The van der Waals surface area contributed by atoms with Crippen molar-refractivity contribution in [2.24, 2.45) is 23.7 Å². The van der Waals surface area contributed by atoms with Crippen LogP contribution in [0.3, 0.4) is 0 Å². The number of rotatable bonds is 4. The highest BCUT2D eigenvalue weighted by molar-refractivity contribution is 6.22. The lowest BCUT2D eigenvalue weighted by Crippen LogP contribution is -2.39. The fraction of sp³-hybridized carbons (Fsp3) is 0.393. The molecule has 5 heteroatoms. The number of fused-ring (bicyclic) bond motifs is 1. The molecular weight excluding hydrogens is 412 g/mol. The smallest absolute Gasteiger partial charge is 0.253 e. The zero-order valence-corrected chi connectivity index (χ0v) is 19.0. The summed E-state index contributed by atoms with van der Waals surface area (Å²) in [5.41, 5.74) is 2.40. The second kappa shape index (κ2) is 8.97. The maximum atomic E-state index is 13.2. The lowest BCUT2D eigenvalue weighted by Gasteiger charge is -2.32. The largest absolute Gasteiger partial charge is 0.339 e. The van der Waals surface area contributed by atoms with Gasteiger partial charge in [-0.15, -0.1) is 0 Å². The Labute approximate surface area is 195 Å². The topological polar surface area (TPSA) is 57.7 Å². The normalized spacial score (nSPS) is 25.4. The molecule has 2 heterocycles. The van der Waals surface area contributed by atoms with Gasteiger partial charge < -0.3 is 4.90 Å². The summed E-state index contributed by atoms with van der Waals surface area (Å²) in [5.74, 6) is -0.276. The molecule has 3 atom stereocenters. The molecule has 2 aliphatic heterocycles. The molecule has 0 radical (unpaired) electrons. The van der Waals surface area contributed by atoms with Crippen LogP contribution in [-0.2, 0) is 16.0 Å². The standard InChI is InChI=1S/C28H30N2O3/c1-19-7-5-12-24-25(19)28(33)30(27(24)32)23-11-6-10-22(18-23)26(31)29-15-13-21(14-16-29)17-20-8-3-2-4-9-20/h2-11,18-19,21,24-25H,12-17H2,1H3/t19-,24-,25-/m1/s1. The van der Waals surface area contributed by atoms with Crippen LogP contribution in [0, 0.1) is 23.7 Å². The van der Waals surface area contributed by atoms with E-state index in [-0.39, 0.29) is 35.5 Å². The van der Waals surface area contributed by atoms with E-state index in [0.29, 0.717) is 23.6 Å². The molecule has 2 saturated heterocycles. The van der Waals surface area contributed by atoms with Gasteiger partial charge in [-0.3, -0.25) is 19.3 Å². The highest BCUT2D eigenvalue weighted by Crippen LogP contribution is 2.40. The molecule has 0 saturated carbocycles. The third-order valence-corrected chi connectivity index (χ3v) is 7.49. The highest BCUT2D eigenvalue weighted by Gasteiger charge is 2.50. The Hall–Kier alpha value is -3.21. The summed E-state index contributed by atoms with van der Waals surface area (Å²) in [6, 6.07) is 17.5. The van der Waals surface area contributed by atoms with Gasteiger partial charge in [0, 0.05) is 18.7 Å². The van der Waals surface area contributed by atoms with E-state index < -0.39 is 0 Å². The zero-order chi connectivity index (χ0) is 22.9. The molecular formula is C28H30N2O3. The van der Waals surface area contributed by atoms with Crippen molar-refractivity contribution in [2.45, 2.75) is 32.6 Å². The number of imide groups is 1. The van der Waals surface area contributed by atoms with Crippen molar-refractivity contribution in [3.05, 3.63) is 77.9 Å². The number of piperidine rings is 1. The first-order chi connectivity index (χ1) is 16.0. The van der Waals surface area contributed by atoms with Crippen molar-refractivity contribution in [2.75, 3.05) is 18.0 Å². The number of likely N-dealkylation sites (tertiary alicyclic amines) is 1. The number of hydrogen-bond acceptors (Lipinski definition) is 3. The van der Waals surface area contributed by atoms with E-state index in [1.54, 1.807) is 24.3 Å². The Bertz CT molecular complexity index is 1090. The van der Waals surface area contributed by atoms with Crippen molar-refractivity contribution in [3.8, 4) is 0 Å². The van der Waals surface area contributed by atoms with E-state index in [1.165, 1.54) is 10.5 Å². The number of amides is 3. The SMILES string of the molecule is C[C@@H]1C=CC[C@H]2C(=O)N(c3cccc(C(=O)N4CCC(Cc5ccccc5)CC4)c3)C(=O)[C@H]12. The van der Waals surface area contributed by atoms with Gasteiger partial charge in [0.15, 0.2) is 0 Å². The summed E-state index contributed by atoms with van der Waals surface area (Å²) in [6.07, 6.45) is 7.65. The number of allylic oxidation sites excluding steroid dienone is 2. The summed E-state index contributed by atoms with van der Waals surface area (Å²) in [4.78, 5) is 42.6. The number of anilines is 1. The summed E-state index contributed by atoms with van der Waals surface area (Å²) >= 11 is 0. The van der Waals surface area contributed by atoms with Gasteiger partial charge in [-0.05, 0) is 61.3 Å². The van der Waals surface area contributed by atoms with Crippen molar-refractivity contribution in [1.82, 2.24) is 4.90 Å². The van der Waals surface area contributed by atoms with Crippen LogP contribution in [0.25, 0.3) is 0 Å². The van der Waals surface area contributed by atoms with Crippen LogP contribution < -0.4 is 4.90 Å². The molecule has 170 valence electrons. The van der Waals surface area contributed by atoms with Crippen LogP contribution in [0.15, 0.2) is 66.7 Å². The van der Waals surface area contributed by atoms with Crippen LogP contribution >= 0.6 is 0 Å². The second-order valence-electron chi connectivity index (χ2n) is 9.64. The van der Waals surface area contributed by atoms with Gasteiger partial charge in [0.2, 0.25) is 11.8 Å². The lowest BCUT2D eigenvalue weighted by atomic mass is 9.78. The highest BCUT2D eigenvalue weighted by atomic mass is 16.2. The Kier molecular flexibility index (Phi) is 5.88. The van der Waals surface area contributed by atoms with E-state index in [1.807, 2.05) is 30.0 Å². The summed E-state index contributed by atoms with van der Waals surface area (Å²) in [6.45, 7) is 3.45. The minimum Gasteiger partial charge on any atom is -0.339 e. The molecule has 0 bridgehead atoms. The number of hydrogen-bond donors (Lipinski definition) is 0. The quantitative estimate of drug-likeness (QED) is 0.518. The van der Waals surface area contributed by atoms with E-state index in [0.717, 1.165) is 32.4 Å². The van der Waals surface area contributed by atoms with Crippen molar-refractivity contribution < 1.29 is 14.4 Å². The molecule has 0 aromatic heterocycles. The van der Waals surface area contributed by atoms with Gasteiger partial charge in [0.25, 0.3) is 5.91 Å². The minimum absolute atomic E-state index is 0.0263. The Balaban J connectivity index is 1.26. The third kappa shape index (κ3) is 4.12. The Morgan fingerprint density at radius 3 is 2.45 bits per heavy atom. The van der Waals surface area contributed by atoms with Crippen LogP contribution in [0.1, 0.15) is 42.1 Å². The first-order valence-electron chi connectivity index (χ1n) is 12.0. The molecule has 33 heavy (non-hydrogen) atoms. The van der Waals surface area contributed by atoms with Crippen molar-refractivity contribution in [1.29, 1.82) is 0 Å². The molecule has 3 aliphatic rings. The fourth-order valence-corrected chi connectivity index (χ4v) is 5.65. The molecule has 0 unspecified atom stereocenters. The van der Waals surface area contributed by atoms with Gasteiger partial charge in [0.05, 0.1) is 17.5 Å². The predicted octanol–water partition coefficient (Wildman–Crippen LogP) is 4.48. The van der Waals surface area contributed by atoms with Gasteiger partial charge in [-0.2, -0.15) is 0 Å². The average Bonchev–Trinajstić information content (AvgIpc) is 3.10. The van der Waals surface area contributed by atoms with Gasteiger partial charge >= 0.3 is 0 Å². The zero-order valence-electron chi connectivity index (χ0n) is 19.0. The molecule has 0 spiro atoms. The molecule has 3 amide bonds. The maximum absolute atomic E-state index is 13.2. The Morgan fingerprint density at radius 2 is 1.73 bits per heavy atom. The summed E-state index contributed by atoms with van der Waals surface area (Å²) < 4.78 is 0. The Morgan fingerprint density at radius 1 is 0.970 bits per heavy atom. The molecule has 5 nitrogen and oxygen atoms in total. The summed E-state index contributed by atoms with van der Waals surface area (Å²) in [7, 11) is 0. The minimum atomic E-state index is -0.300. The van der Waals surface area contributed by atoms with Crippen LogP contribution in [0.4, 0.5) is 5.69 Å². The molecule has 1 aliphatic carbocycles. The molecule has 2 fully saturated rings. The predicted molar refractivity (Wildman–Crippen MR) is 128 cm³/mol. The third-order valence-electron chi connectivity index (χ3n) is 7.49. The molecule has 5 rings (SSSR count). The van der Waals surface area contributed by atoms with E-state index in [9.17, 15) is 14.4 Å². The first-order valence-corrected chi connectivity index (χ1v) is 12.0. The van der Waals surface area contributed by atoms with Crippen LogP contribution in [0.5, 0.6) is 0 Å². The monoisotopic (exact) mass is 442 g/mol. The van der Waals surface area contributed by atoms with Gasteiger partial charge in [-0.1, -0.05) is 55.5 Å². The molecule has 2 aromatic carbocycles. The maximum Gasteiger partial charge on any atom is 0.253 e. The number of nitrogens with zero attached hydrogens (tertiary/aromatic N) is 2. The van der Waals surface area contributed by atoms with Crippen molar-refractivity contribution >= 4 is 23.4 Å². The van der Waals surface area contributed by atoms with E-state index in [2.05, 4.69) is 24.3 Å². The fourth-order valence-electron chi connectivity index (χ4n) is 5.65. The summed E-state index contributed by atoms with van der Waals surface area (Å²) in [5, 5.41) is 0. The van der Waals surface area contributed by atoms with E-state index in [4.69, 9.17) is 0 Å². The van der Waals surface area contributed by atoms with Crippen molar-refractivity contribution in [3.63, 3.8) is 0 Å². The number of carbonyl (C=O) groups excluding carboxylic acids is 3. The average molecular weight is 443 g/mol. The van der Waals surface area contributed by atoms with Crippen LogP contribution in [-0.4, -0.2) is 35.7 Å². The lowest BCUT2D eigenvalue weighted by molar-refractivity contribution is -0.122. The number of carbonyl (C=O) groups is 3. The van der Waals surface area contributed by atoms with Crippen LogP contribution in [0.2, 0.25) is 0 Å². The number of benzene rings is 2. The first kappa shape index (κ1) is 21.6. The molecule has 2 aromatic rings. The van der Waals surface area contributed by atoms with Gasteiger partial charge in [0.1, 0.15) is 0 Å².